The van der Waals surface area contributed by atoms with Crippen molar-refractivity contribution in [2.24, 2.45) is 5.16 Å². The molecule has 0 spiro atoms. The number of hydrogen-bond donors (Lipinski definition) is 2. The third-order valence-electron chi connectivity index (χ3n) is 2.08. The first-order valence-electron chi connectivity index (χ1n) is 4.11. The molecule has 1 aromatic carbocycles. The van der Waals surface area contributed by atoms with Crippen molar-refractivity contribution in [1.29, 1.82) is 0 Å². The van der Waals surface area contributed by atoms with Crippen molar-refractivity contribution >= 4 is 46.3 Å². The highest BCUT2D eigenvalue weighted by atomic mass is 35.5. The van der Waals surface area contributed by atoms with Gasteiger partial charge in [0.1, 0.15) is 0 Å². The van der Waals surface area contributed by atoms with Crippen LogP contribution in [0.25, 0.3) is 0 Å². The summed E-state index contributed by atoms with van der Waals surface area (Å²) in [7, 11) is 0. The lowest BCUT2D eigenvalue weighted by atomic mass is 10.0. The summed E-state index contributed by atoms with van der Waals surface area (Å²) < 4.78 is 0. The molecule has 0 aromatic heterocycles. The third kappa shape index (κ3) is 1.54. The molecular formula is C9H4Cl2N2O3. The molecule has 5 nitrogen and oxygen atoms in total. The number of nitrogens with one attached hydrogen (secondary N) is 1. The van der Waals surface area contributed by atoms with Crippen molar-refractivity contribution in [3.05, 3.63) is 27.7 Å². The second-order valence-corrected chi connectivity index (χ2v) is 3.86. The molecule has 1 heterocycles. The molecule has 82 valence electrons. The number of nitrogens with zero attached hydrogens (tertiary/aromatic N) is 1. The van der Waals surface area contributed by atoms with Gasteiger partial charge in [-0.25, -0.2) is 0 Å². The summed E-state index contributed by atoms with van der Waals surface area (Å²) >= 11 is 11.5. The molecule has 1 aliphatic heterocycles. The molecule has 2 N–H and O–H groups in total. The van der Waals surface area contributed by atoms with Crippen molar-refractivity contribution in [3.63, 3.8) is 0 Å². The van der Waals surface area contributed by atoms with Crippen LogP contribution in [0.3, 0.4) is 0 Å². The Labute approximate surface area is 99.6 Å². The topological polar surface area (TPSA) is 78.8 Å². The zero-order valence-corrected chi connectivity index (χ0v) is 9.13. The zero-order chi connectivity index (χ0) is 11.9. The monoisotopic (exact) mass is 258 g/mol. The summed E-state index contributed by atoms with van der Waals surface area (Å²) in [6, 6.07) is 2.68. The van der Waals surface area contributed by atoms with Crippen LogP contribution in [-0.2, 0) is 4.79 Å². The predicted octanol–water partition coefficient (Wildman–Crippen LogP) is 1.96. The molecule has 0 aliphatic carbocycles. The lowest BCUT2D eigenvalue weighted by Crippen LogP contribution is -2.35. The van der Waals surface area contributed by atoms with Crippen LogP contribution in [0.15, 0.2) is 17.3 Å². The molecule has 0 radical (unpaired) electrons. The summed E-state index contributed by atoms with van der Waals surface area (Å²) in [5.41, 5.74) is -0.190. The Morgan fingerprint density at radius 3 is 2.44 bits per heavy atom. The third-order valence-corrected chi connectivity index (χ3v) is 2.81. The molecule has 0 fully saturated rings. The Morgan fingerprint density at radius 2 is 1.81 bits per heavy atom. The van der Waals surface area contributed by atoms with E-state index >= 15 is 0 Å². The Kier molecular flexibility index (Phi) is 2.57. The van der Waals surface area contributed by atoms with E-state index < -0.39 is 17.4 Å². The van der Waals surface area contributed by atoms with E-state index in [9.17, 15) is 9.59 Å². The fourth-order valence-corrected chi connectivity index (χ4v) is 1.67. The molecule has 2 rings (SSSR count). The number of amides is 1. The SMILES string of the molecule is O=C1Nc2cc(Cl)c(Cl)cc2C(=O)/C1=N/O. The predicted molar refractivity (Wildman–Crippen MR) is 58.6 cm³/mol. The first kappa shape index (κ1) is 10.9. The maximum Gasteiger partial charge on any atom is 0.281 e. The number of Topliss-reactive ketones (excluding diaryl/α,β-unsaturated/α-hetero) is 1. The number of anilines is 1. The molecule has 16 heavy (non-hydrogen) atoms. The summed E-state index contributed by atoms with van der Waals surface area (Å²) in [6.45, 7) is 0. The van der Waals surface area contributed by atoms with Gasteiger partial charge in [-0.3, -0.25) is 9.59 Å². The van der Waals surface area contributed by atoms with E-state index in [-0.39, 0.29) is 21.3 Å². The van der Waals surface area contributed by atoms with Gasteiger partial charge in [0, 0.05) is 5.56 Å². The highest BCUT2D eigenvalue weighted by Gasteiger charge is 2.31. The van der Waals surface area contributed by atoms with Gasteiger partial charge in [0.05, 0.1) is 15.7 Å². The van der Waals surface area contributed by atoms with Gasteiger partial charge in [0.15, 0.2) is 0 Å². The van der Waals surface area contributed by atoms with E-state index in [1.807, 2.05) is 0 Å². The highest BCUT2D eigenvalue weighted by molar-refractivity contribution is 6.72. The normalized spacial score (nSPS) is 17.2. The average molecular weight is 259 g/mol. The van der Waals surface area contributed by atoms with Gasteiger partial charge in [-0.1, -0.05) is 28.4 Å². The van der Waals surface area contributed by atoms with Gasteiger partial charge >= 0.3 is 0 Å². The van der Waals surface area contributed by atoms with Crippen LogP contribution in [0.1, 0.15) is 10.4 Å². The number of hydrogen-bond acceptors (Lipinski definition) is 4. The molecule has 7 heteroatoms. The second kappa shape index (κ2) is 3.77. The van der Waals surface area contributed by atoms with E-state index in [1.54, 1.807) is 0 Å². The van der Waals surface area contributed by atoms with Crippen LogP contribution in [0, 0.1) is 0 Å². The number of halogens is 2. The molecule has 0 saturated carbocycles. The molecule has 1 amide bonds. The van der Waals surface area contributed by atoms with Crippen LogP contribution in [0.2, 0.25) is 10.0 Å². The fourth-order valence-electron chi connectivity index (χ4n) is 1.34. The lowest BCUT2D eigenvalue weighted by molar-refractivity contribution is -0.110. The van der Waals surface area contributed by atoms with Crippen molar-refractivity contribution in [2.75, 3.05) is 5.32 Å². The number of rotatable bonds is 0. The summed E-state index contributed by atoms with van der Waals surface area (Å²) in [6.07, 6.45) is 0. The van der Waals surface area contributed by atoms with Crippen LogP contribution in [-0.4, -0.2) is 22.6 Å². The Hall–Kier alpha value is -1.59. The molecule has 0 bridgehead atoms. The van der Waals surface area contributed by atoms with Crippen LogP contribution in [0.4, 0.5) is 5.69 Å². The number of fused-ring (bicyclic) bond motifs is 1. The van der Waals surface area contributed by atoms with Crippen molar-refractivity contribution < 1.29 is 14.8 Å². The molecule has 0 unspecified atom stereocenters. The average Bonchev–Trinajstić information content (AvgIpc) is 2.22. The quantitative estimate of drug-likeness (QED) is 0.552. The van der Waals surface area contributed by atoms with Crippen molar-refractivity contribution in [3.8, 4) is 0 Å². The van der Waals surface area contributed by atoms with E-state index in [2.05, 4.69) is 10.5 Å². The Bertz CT molecular complexity index is 540. The number of oxime groups is 1. The standard InChI is InChI=1S/C9H4Cl2N2O3/c10-4-1-3-6(2-5(4)11)12-9(15)7(13-16)8(3)14/h1-2,16H,(H,12,15)/b13-7-. The van der Waals surface area contributed by atoms with Crippen LogP contribution < -0.4 is 5.32 Å². The second-order valence-electron chi connectivity index (χ2n) is 3.04. The first-order valence-corrected chi connectivity index (χ1v) is 4.87. The number of carbonyl (C=O) groups excluding carboxylic acids is 2. The molecule has 1 aromatic rings. The molecular weight excluding hydrogens is 255 g/mol. The smallest absolute Gasteiger partial charge is 0.281 e. The number of ketones is 1. The maximum atomic E-state index is 11.7. The van der Waals surface area contributed by atoms with Gasteiger partial charge in [-0.2, -0.15) is 0 Å². The van der Waals surface area contributed by atoms with Crippen molar-refractivity contribution in [2.45, 2.75) is 0 Å². The molecule has 0 atom stereocenters. The van der Waals surface area contributed by atoms with Gasteiger partial charge in [0.25, 0.3) is 5.91 Å². The van der Waals surface area contributed by atoms with Crippen LogP contribution in [0.5, 0.6) is 0 Å². The van der Waals surface area contributed by atoms with Gasteiger partial charge in [-0.15, -0.1) is 0 Å². The lowest BCUT2D eigenvalue weighted by Gasteiger charge is -2.16. The Balaban J connectivity index is 2.65. The van der Waals surface area contributed by atoms with Crippen molar-refractivity contribution in [1.82, 2.24) is 0 Å². The zero-order valence-electron chi connectivity index (χ0n) is 7.62. The van der Waals surface area contributed by atoms with E-state index in [4.69, 9.17) is 28.4 Å². The minimum absolute atomic E-state index is 0.141. The van der Waals surface area contributed by atoms with Gasteiger partial charge < -0.3 is 10.5 Å². The Morgan fingerprint density at radius 1 is 1.19 bits per heavy atom. The highest BCUT2D eigenvalue weighted by Crippen LogP contribution is 2.31. The largest absolute Gasteiger partial charge is 0.410 e. The maximum absolute atomic E-state index is 11.7. The minimum Gasteiger partial charge on any atom is -0.410 e. The van der Waals surface area contributed by atoms with Gasteiger partial charge in [0.2, 0.25) is 11.5 Å². The van der Waals surface area contributed by atoms with E-state index in [1.165, 1.54) is 12.1 Å². The molecule has 1 aliphatic rings. The first-order chi connectivity index (χ1) is 7.54. The van der Waals surface area contributed by atoms with Crippen LogP contribution >= 0.6 is 23.2 Å². The summed E-state index contributed by atoms with van der Waals surface area (Å²) in [5.74, 6) is -1.47. The summed E-state index contributed by atoms with van der Waals surface area (Å²) in [5, 5.41) is 13.9. The number of benzene rings is 1. The minimum atomic E-state index is -0.779. The van der Waals surface area contributed by atoms with Gasteiger partial charge in [-0.05, 0) is 12.1 Å². The van der Waals surface area contributed by atoms with E-state index in [0.717, 1.165) is 0 Å². The number of carbonyl (C=O) groups is 2. The summed E-state index contributed by atoms with van der Waals surface area (Å²) in [4.78, 5) is 23.0. The fraction of sp³-hybridized carbons (Fsp3) is 0. The molecule has 0 saturated heterocycles. The van der Waals surface area contributed by atoms with E-state index in [0.29, 0.717) is 0 Å².